The monoisotopic (exact) mass is 494 g/mol. The normalized spacial score (nSPS) is 17.0. The maximum absolute atomic E-state index is 13.2. The number of rotatable bonds is 5. The summed E-state index contributed by atoms with van der Waals surface area (Å²) in [7, 11) is 0. The number of aromatic nitrogens is 2. The zero-order valence-corrected chi connectivity index (χ0v) is 20.7. The van der Waals surface area contributed by atoms with Gasteiger partial charge < -0.3 is 9.64 Å². The smallest absolute Gasteiger partial charge is 0.261 e. The summed E-state index contributed by atoms with van der Waals surface area (Å²) in [6.45, 7) is 4.95. The van der Waals surface area contributed by atoms with Crippen LogP contribution >= 0.6 is 11.6 Å². The average molecular weight is 495 g/mol. The van der Waals surface area contributed by atoms with Crippen molar-refractivity contribution in [2.24, 2.45) is 0 Å². The van der Waals surface area contributed by atoms with Gasteiger partial charge in [-0.1, -0.05) is 36.6 Å². The molecular weight excluding hydrogens is 464 g/mol. The fourth-order valence-electron chi connectivity index (χ4n) is 4.93. The predicted octanol–water partition coefficient (Wildman–Crippen LogP) is 4.00. The van der Waals surface area contributed by atoms with E-state index < -0.39 is 0 Å². The second-order valence-corrected chi connectivity index (χ2v) is 9.70. The molecule has 1 fully saturated rings. The Morgan fingerprint density at radius 1 is 0.971 bits per heavy atom. The summed E-state index contributed by atoms with van der Waals surface area (Å²) in [6.07, 6.45) is 5.19. The van der Waals surface area contributed by atoms with E-state index in [0.717, 1.165) is 57.7 Å². The van der Waals surface area contributed by atoms with Gasteiger partial charge in [0.05, 0.1) is 15.9 Å². The van der Waals surface area contributed by atoms with Crippen LogP contribution in [-0.4, -0.2) is 64.6 Å². The average Bonchev–Trinajstić information content (AvgIpc) is 2.86. The first-order valence-electron chi connectivity index (χ1n) is 12.5. The Morgan fingerprint density at radius 2 is 1.77 bits per heavy atom. The first kappa shape index (κ1) is 23.8. The topological polar surface area (TPSA) is 67.7 Å². The Hall–Kier alpha value is -2.90. The van der Waals surface area contributed by atoms with E-state index in [0.29, 0.717) is 46.9 Å². The number of piperazine rings is 1. The van der Waals surface area contributed by atoms with Gasteiger partial charge in [-0.15, -0.1) is 0 Å². The molecule has 8 heteroatoms. The number of fused-ring (bicyclic) bond motifs is 2. The molecule has 0 bridgehead atoms. The number of carbonyl (C=O) groups excluding carboxylic acids is 1. The number of halogens is 1. The van der Waals surface area contributed by atoms with Gasteiger partial charge in [0.25, 0.3) is 11.5 Å². The predicted molar refractivity (Wildman–Crippen MR) is 137 cm³/mol. The van der Waals surface area contributed by atoms with Crippen molar-refractivity contribution in [3.63, 3.8) is 0 Å². The van der Waals surface area contributed by atoms with Crippen LogP contribution in [0.2, 0.25) is 5.02 Å². The molecule has 0 saturated carbocycles. The number of para-hydroxylation sites is 1. The van der Waals surface area contributed by atoms with Gasteiger partial charge in [-0.3, -0.25) is 19.1 Å². The van der Waals surface area contributed by atoms with Crippen LogP contribution in [0, 0.1) is 0 Å². The minimum absolute atomic E-state index is 0.00693. The first-order valence-corrected chi connectivity index (χ1v) is 12.9. The molecule has 35 heavy (non-hydrogen) atoms. The van der Waals surface area contributed by atoms with Crippen LogP contribution < -0.4 is 10.3 Å². The fourth-order valence-corrected chi connectivity index (χ4v) is 5.12. The molecule has 0 unspecified atom stereocenters. The molecule has 5 rings (SSSR count). The molecular formula is C27H31ClN4O3. The Morgan fingerprint density at radius 3 is 2.60 bits per heavy atom. The van der Waals surface area contributed by atoms with E-state index in [1.165, 1.54) is 6.42 Å². The lowest BCUT2D eigenvalue weighted by molar-refractivity contribution is 0.0620. The lowest BCUT2D eigenvalue weighted by Crippen LogP contribution is -2.49. The molecule has 3 heterocycles. The summed E-state index contributed by atoms with van der Waals surface area (Å²) in [5.74, 6) is 1.53. The Kier molecular flexibility index (Phi) is 7.35. The molecule has 184 valence electrons. The molecule has 1 aromatic heterocycles. The lowest BCUT2D eigenvalue weighted by atomic mass is 10.1. The molecule has 0 radical (unpaired) electrons. The van der Waals surface area contributed by atoms with Crippen LogP contribution in [0.15, 0.2) is 47.3 Å². The molecule has 7 nitrogen and oxygen atoms in total. The van der Waals surface area contributed by atoms with Crippen LogP contribution in [0.3, 0.4) is 0 Å². The summed E-state index contributed by atoms with van der Waals surface area (Å²) in [4.78, 5) is 35.3. The third-order valence-electron chi connectivity index (χ3n) is 6.97. The highest BCUT2D eigenvalue weighted by Crippen LogP contribution is 2.23. The van der Waals surface area contributed by atoms with Crippen LogP contribution in [0.5, 0.6) is 5.75 Å². The van der Waals surface area contributed by atoms with Gasteiger partial charge in [0, 0.05) is 51.3 Å². The van der Waals surface area contributed by atoms with Gasteiger partial charge in [-0.25, -0.2) is 4.98 Å². The van der Waals surface area contributed by atoms with Gasteiger partial charge >= 0.3 is 0 Å². The van der Waals surface area contributed by atoms with Crippen molar-refractivity contribution in [2.45, 2.75) is 38.6 Å². The molecule has 1 saturated heterocycles. The van der Waals surface area contributed by atoms with Gasteiger partial charge in [0.2, 0.25) is 0 Å². The van der Waals surface area contributed by atoms with E-state index in [-0.39, 0.29) is 11.5 Å². The van der Waals surface area contributed by atoms with Gasteiger partial charge in [-0.05, 0) is 43.2 Å². The molecule has 3 aromatic rings. The Labute approximate surface area is 210 Å². The van der Waals surface area contributed by atoms with Crippen molar-refractivity contribution >= 4 is 28.4 Å². The third-order valence-corrected chi connectivity index (χ3v) is 7.29. The highest BCUT2D eigenvalue weighted by Gasteiger charge is 2.23. The van der Waals surface area contributed by atoms with E-state index in [9.17, 15) is 9.59 Å². The number of ether oxygens (including phenoxy) is 1. The van der Waals surface area contributed by atoms with Gasteiger partial charge in [0.15, 0.2) is 0 Å². The van der Waals surface area contributed by atoms with Crippen LogP contribution in [0.1, 0.15) is 41.9 Å². The zero-order chi connectivity index (χ0) is 24.2. The molecule has 0 spiro atoms. The number of amides is 1. The SMILES string of the molecule is O=C(c1ccc2c(=O)n3c(nc2c1)CCCCCC3)N1CCN(CCOc2ccccc2Cl)CC1. The highest BCUT2D eigenvalue weighted by molar-refractivity contribution is 6.32. The summed E-state index contributed by atoms with van der Waals surface area (Å²) in [5.41, 5.74) is 1.23. The largest absolute Gasteiger partial charge is 0.491 e. The van der Waals surface area contributed by atoms with Gasteiger partial charge in [-0.2, -0.15) is 0 Å². The summed E-state index contributed by atoms with van der Waals surface area (Å²) >= 11 is 6.15. The van der Waals surface area contributed by atoms with Crippen molar-refractivity contribution in [1.82, 2.24) is 19.4 Å². The second-order valence-electron chi connectivity index (χ2n) is 9.29. The number of hydrogen-bond donors (Lipinski definition) is 0. The molecule has 1 amide bonds. The molecule has 2 aliphatic heterocycles. The van der Waals surface area contributed by atoms with E-state index >= 15 is 0 Å². The van der Waals surface area contributed by atoms with Crippen LogP contribution in [0.4, 0.5) is 0 Å². The second kappa shape index (κ2) is 10.8. The summed E-state index contributed by atoms with van der Waals surface area (Å²) < 4.78 is 7.63. The lowest BCUT2D eigenvalue weighted by Gasteiger charge is -2.34. The van der Waals surface area contributed by atoms with Gasteiger partial charge in [0.1, 0.15) is 18.2 Å². The maximum Gasteiger partial charge on any atom is 0.261 e. The molecule has 0 N–H and O–H groups in total. The number of nitrogens with zero attached hydrogens (tertiary/aromatic N) is 4. The Bertz CT molecular complexity index is 1270. The summed E-state index contributed by atoms with van der Waals surface area (Å²) in [6, 6.07) is 12.8. The standard InChI is InChI=1S/C27H31ClN4O3/c28-22-7-4-5-8-24(22)35-18-17-30-13-15-31(16-14-30)26(33)20-10-11-21-23(19-20)29-25-9-3-1-2-6-12-32(25)27(21)34/h4-5,7-8,10-11,19H,1-3,6,9,12-18H2. The number of aryl methyl sites for hydroxylation is 1. The number of benzene rings is 2. The van der Waals surface area contributed by atoms with E-state index in [1.807, 2.05) is 33.7 Å². The summed E-state index contributed by atoms with van der Waals surface area (Å²) in [5, 5.41) is 1.20. The first-order chi connectivity index (χ1) is 17.1. The van der Waals surface area contributed by atoms with Crippen molar-refractivity contribution in [3.8, 4) is 5.75 Å². The number of hydrogen-bond acceptors (Lipinski definition) is 5. The molecule has 0 aliphatic carbocycles. The van der Waals surface area contributed by atoms with E-state index in [4.69, 9.17) is 21.3 Å². The van der Waals surface area contributed by atoms with Crippen molar-refractivity contribution in [2.75, 3.05) is 39.3 Å². The minimum Gasteiger partial charge on any atom is -0.491 e. The fraction of sp³-hybridized carbons (Fsp3) is 0.444. The molecule has 2 aromatic carbocycles. The van der Waals surface area contributed by atoms with E-state index in [1.54, 1.807) is 18.2 Å². The third kappa shape index (κ3) is 5.36. The van der Waals surface area contributed by atoms with Crippen molar-refractivity contribution in [3.05, 3.63) is 69.2 Å². The molecule has 0 atom stereocenters. The maximum atomic E-state index is 13.2. The van der Waals surface area contributed by atoms with Crippen LogP contribution in [0.25, 0.3) is 10.9 Å². The van der Waals surface area contributed by atoms with Crippen molar-refractivity contribution < 1.29 is 9.53 Å². The number of carbonyl (C=O) groups is 1. The quantitative estimate of drug-likeness (QED) is 0.536. The van der Waals surface area contributed by atoms with Crippen molar-refractivity contribution in [1.29, 1.82) is 0 Å². The highest BCUT2D eigenvalue weighted by atomic mass is 35.5. The minimum atomic E-state index is -0.00693. The van der Waals surface area contributed by atoms with Crippen LogP contribution in [-0.2, 0) is 13.0 Å². The molecule has 2 aliphatic rings. The Balaban J connectivity index is 1.21. The zero-order valence-electron chi connectivity index (χ0n) is 19.9. The van der Waals surface area contributed by atoms with E-state index in [2.05, 4.69) is 4.90 Å².